The lowest BCUT2D eigenvalue weighted by Crippen LogP contribution is -3.00. The zero-order valence-corrected chi connectivity index (χ0v) is 18.3. The largest absolute Gasteiger partial charge is 1.00 e. The number of phenols is 1. The Hall–Kier alpha value is -1.00. The van der Waals surface area contributed by atoms with Crippen LogP contribution < -0.4 is 28.7 Å². The molecule has 29 heavy (non-hydrogen) atoms. The Kier molecular flexibility index (Phi) is 3.86. The summed E-state index contributed by atoms with van der Waals surface area (Å²) in [7, 11) is 1.98. The molecule has 2 saturated carbocycles. The molecule has 3 aliphatic carbocycles. The van der Waals surface area contributed by atoms with Gasteiger partial charge in [0.2, 0.25) is 0 Å². The molecule has 2 heterocycles. The van der Waals surface area contributed by atoms with Crippen molar-refractivity contribution in [2.75, 3.05) is 20.1 Å². The highest BCUT2D eigenvalue weighted by Gasteiger charge is 2.77. The molecule has 6 rings (SSSR count). The van der Waals surface area contributed by atoms with Gasteiger partial charge in [-0.05, 0) is 18.1 Å². The number of likely N-dealkylation sites (tertiary alicyclic amines) is 1. The number of hydrogen-bond donors (Lipinski definition) is 2. The van der Waals surface area contributed by atoms with Gasteiger partial charge in [-0.15, -0.1) is 0 Å². The molecule has 1 spiro atoms. The van der Waals surface area contributed by atoms with Crippen LogP contribution in [0, 0.1) is 5.92 Å². The molecule has 2 unspecified atom stereocenters. The first kappa shape index (κ1) is 19.9. The minimum absolute atomic E-state index is 0. The number of likely N-dealkylation sites (N-methyl/N-ethyl adjacent to an activating group) is 1. The number of nitrogens with zero attached hydrogens (tertiary/aromatic N) is 1. The number of quaternary nitrogens is 1. The average Bonchev–Trinajstić information content (AvgIpc) is 3.05. The number of Topliss-reactive ketones (excluding diaryl/α,β-unsaturated/α-hetero) is 1. The topological polar surface area (TPSA) is 66.8 Å². The van der Waals surface area contributed by atoms with Gasteiger partial charge in [-0.25, -0.2) is 8.78 Å². The lowest BCUT2D eigenvalue weighted by Gasteiger charge is -2.64. The van der Waals surface area contributed by atoms with Gasteiger partial charge in [0.1, 0.15) is 11.6 Å². The zero-order valence-electron chi connectivity index (χ0n) is 16.1. The van der Waals surface area contributed by atoms with Crippen molar-refractivity contribution in [2.24, 2.45) is 5.92 Å². The summed E-state index contributed by atoms with van der Waals surface area (Å²) < 4.78 is 33.8. The van der Waals surface area contributed by atoms with Crippen molar-refractivity contribution in [3.8, 4) is 11.5 Å². The number of rotatable bonds is 2. The Bertz CT molecular complexity index is 942. The number of benzene rings is 1. The quantitative estimate of drug-likeness (QED) is 0.386. The molecule has 0 aromatic heterocycles. The van der Waals surface area contributed by atoms with Gasteiger partial charge in [0.05, 0.1) is 31.5 Å². The highest BCUT2D eigenvalue weighted by Crippen LogP contribution is 2.66. The Morgan fingerprint density at radius 2 is 2.03 bits per heavy atom. The van der Waals surface area contributed by atoms with Gasteiger partial charge in [-0.2, -0.15) is 0 Å². The van der Waals surface area contributed by atoms with E-state index in [0.717, 1.165) is 11.1 Å². The molecule has 2 aliphatic heterocycles. The molecule has 8 heteroatoms. The third-order valence-corrected chi connectivity index (χ3v) is 8.50. The van der Waals surface area contributed by atoms with Gasteiger partial charge in [-0.3, -0.25) is 4.79 Å². The molecular weight excluding hydrogens is 495 g/mol. The summed E-state index contributed by atoms with van der Waals surface area (Å²) >= 11 is 0. The van der Waals surface area contributed by atoms with Crippen LogP contribution in [0.5, 0.6) is 11.5 Å². The maximum atomic E-state index is 13.7. The number of carbonyl (C=O) groups is 1. The number of carbonyl (C=O) groups excluding carboxylic acids is 1. The van der Waals surface area contributed by atoms with Crippen molar-refractivity contribution in [2.45, 2.75) is 61.2 Å². The van der Waals surface area contributed by atoms with Crippen molar-refractivity contribution in [3.63, 3.8) is 0 Å². The fourth-order valence-electron chi connectivity index (χ4n) is 7.02. The van der Waals surface area contributed by atoms with E-state index in [1.807, 2.05) is 13.1 Å². The number of ketones is 1. The summed E-state index contributed by atoms with van der Waals surface area (Å²) in [4.78, 5) is 12.8. The molecule has 2 N–H and O–H groups in total. The number of hydrogen-bond acceptors (Lipinski definition) is 4. The molecule has 1 aromatic rings. The highest BCUT2D eigenvalue weighted by molar-refractivity contribution is 5.90. The second-order valence-electron chi connectivity index (χ2n) is 9.83. The number of halogens is 3. The molecular formula is C21H24F2INO4. The van der Waals surface area contributed by atoms with E-state index in [1.165, 1.54) is 0 Å². The molecule has 0 amide bonds. The van der Waals surface area contributed by atoms with E-state index < -0.39 is 29.0 Å². The molecule has 0 radical (unpaired) electrons. The van der Waals surface area contributed by atoms with Crippen LogP contribution in [-0.2, 0) is 16.6 Å². The van der Waals surface area contributed by atoms with Crippen molar-refractivity contribution >= 4 is 5.78 Å². The smallest absolute Gasteiger partial charge is 0.257 e. The van der Waals surface area contributed by atoms with Gasteiger partial charge >= 0.3 is 0 Å². The van der Waals surface area contributed by atoms with Crippen LogP contribution in [-0.4, -0.2) is 64.3 Å². The van der Waals surface area contributed by atoms with Crippen molar-refractivity contribution < 1.29 is 57.0 Å². The number of alkyl halides is 2. The summed E-state index contributed by atoms with van der Waals surface area (Å²) in [6, 6.07) is 3.15. The summed E-state index contributed by atoms with van der Waals surface area (Å²) in [5.41, 5.74) is -0.327. The van der Waals surface area contributed by atoms with Crippen LogP contribution >= 0.6 is 0 Å². The van der Waals surface area contributed by atoms with Crippen LogP contribution in [0.15, 0.2) is 12.1 Å². The first-order valence-electron chi connectivity index (χ1n) is 10.1. The third kappa shape index (κ3) is 2.18. The number of phenolic OH excluding ortho intramolecular Hbond substituents is 1. The van der Waals surface area contributed by atoms with E-state index in [-0.39, 0.29) is 54.4 Å². The Morgan fingerprint density at radius 1 is 1.31 bits per heavy atom. The summed E-state index contributed by atoms with van der Waals surface area (Å²) in [6.07, 6.45) is 0.695. The average molecular weight is 519 g/mol. The number of aliphatic hydroxyl groups is 1. The van der Waals surface area contributed by atoms with E-state index in [2.05, 4.69) is 0 Å². The van der Waals surface area contributed by atoms with E-state index in [4.69, 9.17) is 4.74 Å². The summed E-state index contributed by atoms with van der Waals surface area (Å²) in [5, 5.41) is 22.5. The zero-order chi connectivity index (χ0) is 19.7. The minimum Gasteiger partial charge on any atom is -1.00 e. The van der Waals surface area contributed by atoms with Gasteiger partial charge in [0.25, 0.3) is 5.92 Å². The molecule has 5 nitrogen and oxygen atoms in total. The van der Waals surface area contributed by atoms with Gasteiger partial charge in [-0.1, -0.05) is 6.07 Å². The standard InChI is InChI=1S/C21H23F2NO4.HI/c1-24(10-12-9-21(12,22)23)7-6-19-16-11-2-3-13(25)17(16)28-18(19)14(26)4-5-20(19,27)15(24)8-11;/h2-3,12,15,18,27H,4-10H2,1H3;1H/t12?,15-,18+,19+,20-,24?;/m1./s1. The van der Waals surface area contributed by atoms with E-state index >= 15 is 0 Å². The van der Waals surface area contributed by atoms with Crippen molar-refractivity contribution in [1.82, 2.24) is 0 Å². The van der Waals surface area contributed by atoms with E-state index in [0.29, 0.717) is 42.6 Å². The number of ether oxygens (including phenoxy) is 1. The lowest BCUT2D eigenvalue weighted by molar-refractivity contribution is -0.951. The Balaban J connectivity index is 0.00000181. The van der Waals surface area contributed by atoms with E-state index in [9.17, 15) is 23.8 Å². The van der Waals surface area contributed by atoms with E-state index in [1.54, 1.807) is 6.07 Å². The molecule has 3 fully saturated rings. The van der Waals surface area contributed by atoms with Crippen LogP contribution in [0.1, 0.15) is 36.8 Å². The maximum Gasteiger partial charge on any atom is 0.257 e. The summed E-state index contributed by atoms with van der Waals surface area (Å²) in [6.45, 7) is 0.955. The lowest BCUT2D eigenvalue weighted by atomic mass is 9.48. The van der Waals surface area contributed by atoms with Crippen molar-refractivity contribution in [3.05, 3.63) is 23.3 Å². The number of piperidine rings is 1. The number of aromatic hydroxyl groups is 1. The first-order valence-corrected chi connectivity index (χ1v) is 10.1. The van der Waals surface area contributed by atoms with Crippen LogP contribution in [0.3, 0.4) is 0 Å². The molecule has 2 bridgehead atoms. The second kappa shape index (κ2) is 5.62. The first-order chi connectivity index (χ1) is 13.1. The Labute approximate surface area is 184 Å². The fourth-order valence-corrected chi connectivity index (χ4v) is 7.02. The highest BCUT2D eigenvalue weighted by atomic mass is 127. The van der Waals surface area contributed by atoms with Gasteiger partial charge in [0.15, 0.2) is 23.4 Å². The third-order valence-electron chi connectivity index (χ3n) is 8.50. The monoisotopic (exact) mass is 519 g/mol. The predicted molar refractivity (Wildman–Crippen MR) is 94.5 cm³/mol. The molecule has 1 aromatic carbocycles. The minimum atomic E-state index is -2.59. The molecule has 5 aliphatic rings. The van der Waals surface area contributed by atoms with Crippen LogP contribution in [0.2, 0.25) is 0 Å². The Morgan fingerprint density at radius 3 is 2.72 bits per heavy atom. The SMILES string of the molecule is C[N+]1(CC2CC2(F)F)CC[C@]23c4c5ccc(O)c4O[C@H]2C(=O)CC[C@@]3(O)[C@H]1C5.[I-]. The van der Waals surface area contributed by atoms with Crippen molar-refractivity contribution in [1.29, 1.82) is 0 Å². The molecule has 158 valence electrons. The second-order valence-corrected chi connectivity index (χ2v) is 9.83. The molecule has 1 saturated heterocycles. The van der Waals surface area contributed by atoms with Crippen LogP contribution in [0.25, 0.3) is 0 Å². The normalized spacial score (nSPS) is 45.1. The maximum absolute atomic E-state index is 13.7. The summed E-state index contributed by atoms with van der Waals surface area (Å²) in [5.74, 6) is -2.94. The molecule has 6 atom stereocenters. The van der Waals surface area contributed by atoms with Gasteiger partial charge in [0, 0.05) is 31.2 Å². The predicted octanol–water partition coefficient (Wildman–Crippen LogP) is -1.08. The van der Waals surface area contributed by atoms with Crippen LogP contribution in [0.4, 0.5) is 8.78 Å². The van der Waals surface area contributed by atoms with Gasteiger partial charge < -0.3 is 43.4 Å². The fraction of sp³-hybridized carbons (Fsp3) is 0.667.